The maximum absolute atomic E-state index is 12.7. The summed E-state index contributed by atoms with van der Waals surface area (Å²) in [6.07, 6.45) is 2.31. The average molecular weight is 486 g/mol. The van der Waals surface area contributed by atoms with Crippen molar-refractivity contribution in [2.45, 2.75) is 20.0 Å². The van der Waals surface area contributed by atoms with E-state index in [9.17, 15) is 9.36 Å². The summed E-state index contributed by atoms with van der Waals surface area (Å²) in [6.45, 7) is 12.3. The van der Waals surface area contributed by atoms with E-state index in [-0.39, 0.29) is 69.7 Å². The van der Waals surface area contributed by atoms with Crippen molar-refractivity contribution in [3.8, 4) is 18.0 Å². The van der Waals surface area contributed by atoms with Gasteiger partial charge in [0.25, 0.3) is 0 Å². The number of aromatic nitrogens is 3. The Morgan fingerprint density at radius 3 is 2.12 bits per heavy atom. The Balaban J connectivity index is 1.98. The third-order valence-corrected chi connectivity index (χ3v) is 6.07. The number of ether oxygens (including phenoxy) is 4. The maximum Gasteiger partial charge on any atom is 0.340 e. The van der Waals surface area contributed by atoms with Crippen molar-refractivity contribution < 1.29 is 37.4 Å². The number of morpholine rings is 1. The van der Waals surface area contributed by atoms with Crippen molar-refractivity contribution in [1.82, 2.24) is 19.9 Å². The summed E-state index contributed by atoms with van der Waals surface area (Å²) in [7, 11) is -3.49. The Morgan fingerprint density at radius 2 is 1.61 bits per heavy atom. The molecule has 0 bridgehead atoms. The first kappa shape index (κ1) is 26.7. The van der Waals surface area contributed by atoms with Crippen molar-refractivity contribution in [2.75, 3.05) is 58.9 Å². The van der Waals surface area contributed by atoms with Gasteiger partial charge < -0.3 is 32.9 Å². The average Bonchev–Trinajstić information content (AvgIpc) is 2.80. The van der Waals surface area contributed by atoms with Crippen LogP contribution in [0.25, 0.3) is 0 Å². The lowest BCUT2D eigenvalue weighted by molar-refractivity contribution is -0.137. The molecule has 0 aromatic carbocycles. The van der Waals surface area contributed by atoms with Crippen LogP contribution in [0, 0.1) is 0 Å². The summed E-state index contributed by atoms with van der Waals surface area (Å²) in [5.74, 6) is -0.339. The Bertz CT molecular complexity index is 800. The van der Waals surface area contributed by atoms with Crippen LogP contribution in [0.5, 0.6) is 18.0 Å². The van der Waals surface area contributed by atoms with Gasteiger partial charge in [-0.1, -0.05) is 25.3 Å². The molecular formula is C20H31N4O8P. The Hall–Kier alpha value is -2.53. The fourth-order valence-corrected chi connectivity index (χ4v) is 4.36. The molecule has 1 fully saturated rings. The van der Waals surface area contributed by atoms with E-state index >= 15 is 0 Å². The van der Waals surface area contributed by atoms with Gasteiger partial charge in [0, 0.05) is 6.54 Å². The van der Waals surface area contributed by atoms with Crippen LogP contribution in [0.4, 0.5) is 0 Å². The van der Waals surface area contributed by atoms with E-state index in [0.29, 0.717) is 13.2 Å². The van der Waals surface area contributed by atoms with Crippen LogP contribution >= 0.6 is 7.60 Å². The van der Waals surface area contributed by atoms with E-state index < -0.39 is 13.7 Å². The molecule has 1 amide bonds. The Kier molecular flexibility index (Phi) is 11.2. The van der Waals surface area contributed by atoms with E-state index in [0.717, 1.165) is 0 Å². The molecule has 184 valence electrons. The zero-order valence-corrected chi connectivity index (χ0v) is 19.9. The van der Waals surface area contributed by atoms with Crippen LogP contribution in [0.3, 0.4) is 0 Å². The van der Waals surface area contributed by atoms with Crippen molar-refractivity contribution >= 4 is 13.5 Å². The van der Waals surface area contributed by atoms with Crippen molar-refractivity contribution in [2.24, 2.45) is 0 Å². The molecule has 2 heterocycles. The van der Waals surface area contributed by atoms with Gasteiger partial charge in [-0.05, 0) is 13.8 Å². The lowest BCUT2D eigenvalue weighted by atomic mass is 10.3. The molecule has 0 spiro atoms. The number of carbonyl (C=O) groups is 1. The van der Waals surface area contributed by atoms with Crippen LogP contribution in [0.1, 0.15) is 13.8 Å². The molecule has 1 aromatic heterocycles. The maximum atomic E-state index is 12.7. The molecule has 1 unspecified atom stereocenters. The normalized spacial score (nSPS) is 16.2. The Labute approximate surface area is 193 Å². The molecule has 0 aliphatic carbocycles. The highest BCUT2D eigenvalue weighted by molar-refractivity contribution is 7.54. The molecule has 12 nitrogen and oxygen atoms in total. The minimum absolute atomic E-state index is 0.0166. The summed E-state index contributed by atoms with van der Waals surface area (Å²) in [4.78, 5) is 26.4. The molecule has 0 saturated carbocycles. The van der Waals surface area contributed by atoms with Gasteiger partial charge in [-0.15, -0.1) is 15.0 Å². The standard InChI is InChI=1S/C20H31N4O8P/c1-5-10-28-18-21-19(29-11-6-2)23-20(22-18)30-14-16-13-24(9-12-27-16)17(25)15-33(26,31-7-3)32-8-4/h5-6,16H,1-2,7-15H2,3-4H3. The summed E-state index contributed by atoms with van der Waals surface area (Å²) in [5.41, 5.74) is 0. The summed E-state index contributed by atoms with van der Waals surface area (Å²) in [6, 6.07) is 0.0122. The van der Waals surface area contributed by atoms with Crippen molar-refractivity contribution in [1.29, 1.82) is 0 Å². The first-order chi connectivity index (χ1) is 15.9. The number of amides is 1. The van der Waals surface area contributed by atoms with Crippen molar-refractivity contribution in [3.05, 3.63) is 25.3 Å². The van der Waals surface area contributed by atoms with Gasteiger partial charge in [-0.25, -0.2) is 0 Å². The molecule has 0 N–H and O–H groups in total. The highest BCUT2D eigenvalue weighted by atomic mass is 31.2. The third kappa shape index (κ3) is 9.09. The first-order valence-corrected chi connectivity index (χ1v) is 12.3. The number of nitrogens with zero attached hydrogens (tertiary/aromatic N) is 4. The number of hydrogen-bond donors (Lipinski definition) is 0. The summed E-state index contributed by atoms with van der Waals surface area (Å²) >= 11 is 0. The number of hydrogen-bond acceptors (Lipinski definition) is 11. The van der Waals surface area contributed by atoms with Gasteiger partial charge in [0.15, 0.2) is 0 Å². The monoisotopic (exact) mass is 486 g/mol. The van der Waals surface area contributed by atoms with Crippen molar-refractivity contribution in [3.63, 3.8) is 0 Å². The molecule has 33 heavy (non-hydrogen) atoms. The fraction of sp³-hybridized carbons (Fsp3) is 0.600. The van der Waals surface area contributed by atoms with E-state index in [4.69, 9.17) is 28.0 Å². The first-order valence-electron chi connectivity index (χ1n) is 10.6. The number of carbonyl (C=O) groups excluding carboxylic acids is 1. The largest absolute Gasteiger partial charge is 0.460 e. The zero-order chi connectivity index (χ0) is 24.1. The molecule has 1 aliphatic heterocycles. The SMILES string of the molecule is C=CCOc1nc(OCC=C)nc(OCC2CN(C(=O)CP(=O)(OCC)OCC)CCO2)n1. The summed E-state index contributed by atoms with van der Waals surface area (Å²) in [5, 5.41) is 0. The van der Waals surface area contributed by atoms with Crippen LogP contribution in [-0.4, -0.2) is 90.8 Å². The van der Waals surface area contributed by atoms with Crippen LogP contribution in [0.15, 0.2) is 25.3 Å². The van der Waals surface area contributed by atoms with Gasteiger partial charge in [-0.3, -0.25) is 9.36 Å². The fourth-order valence-electron chi connectivity index (χ4n) is 2.78. The molecule has 13 heteroatoms. The van der Waals surface area contributed by atoms with Gasteiger partial charge in [0.2, 0.25) is 5.91 Å². The quantitative estimate of drug-likeness (QED) is 0.266. The summed E-state index contributed by atoms with van der Waals surface area (Å²) < 4.78 is 45.1. The predicted octanol–water partition coefficient (Wildman–Crippen LogP) is 1.87. The van der Waals surface area contributed by atoms with Gasteiger partial charge in [-0.2, -0.15) is 0 Å². The van der Waals surface area contributed by atoms with Crippen LogP contribution in [0.2, 0.25) is 0 Å². The minimum atomic E-state index is -3.49. The molecule has 1 aromatic rings. The molecule has 1 atom stereocenters. The molecular weight excluding hydrogens is 455 g/mol. The smallest absolute Gasteiger partial charge is 0.340 e. The minimum Gasteiger partial charge on any atom is -0.460 e. The number of rotatable bonds is 15. The molecule has 1 aliphatic rings. The topological polar surface area (TPSA) is 131 Å². The molecule has 2 rings (SSSR count). The van der Waals surface area contributed by atoms with E-state index in [1.165, 1.54) is 0 Å². The lowest BCUT2D eigenvalue weighted by Crippen LogP contribution is -2.48. The second-order valence-electron chi connectivity index (χ2n) is 6.63. The second-order valence-corrected chi connectivity index (χ2v) is 8.69. The van der Waals surface area contributed by atoms with Crippen LogP contribution in [-0.2, 0) is 23.1 Å². The highest BCUT2D eigenvalue weighted by Gasteiger charge is 2.33. The van der Waals surface area contributed by atoms with Gasteiger partial charge >= 0.3 is 25.6 Å². The molecule has 1 saturated heterocycles. The third-order valence-electron chi connectivity index (χ3n) is 4.10. The van der Waals surface area contributed by atoms with E-state index in [1.54, 1.807) is 30.9 Å². The Morgan fingerprint density at radius 1 is 1.06 bits per heavy atom. The van der Waals surface area contributed by atoms with Gasteiger partial charge in [0.05, 0.1) is 26.4 Å². The predicted molar refractivity (Wildman–Crippen MR) is 119 cm³/mol. The highest BCUT2D eigenvalue weighted by Crippen LogP contribution is 2.48. The van der Waals surface area contributed by atoms with E-state index in [1.807, 2.05) is 0 Å². The second kappa shape index (κ2) is 13.9. The van der Waals surface area contributed by atoms with E-state index in [2.05, 4.69) is 28.1 Å². The van der Waals surface area contributed by atoms with Gasteiger partial charge in [0.1, 0.15) is 32.1 Å². The molecule has 0 radical (unpaired) electrons. The zero-order valence-electron chi connectivity index (χ0n) is 19.0. The van der Waals surface area contributed by atoms with Crippen LogP contribution < -0.4 is 14.2 Å². The lowest BCUT2D eigenvalue weighted by Gasteiger charge is -2.33.